The molecule has 0 spiro atoms. The van der Waals surface area contributed by atoms with Gasteiger partial charge in [-0.25, -0.2) is 4.79 Å². The average molecular weight is 295 g/mol. The second-order valence-electron chi connectivity index (χ2n) is 4.56. The summed E-state index contributed by atoms with van der Waals surface area (Å²) >= 11 is 0. The van der Waals surface area contributed by atoms with Gasteiger partial charge in [0.1, 0.15) is 11.7 Å². The lowest BCUT2D eigenvalue weighted by Gasteiger charge is -2.24. The van der Waals surface area contributed by atoms with E-state index in [-0.39, 0.29) is 17.1 Å². The number of hydrogen-bond donors (Lipinski definition) is 0. The van der Waals surface area contributed by atoms with Gasteiger partial charge in [0.05, 0.1) is 23.0 Å². The fraction of sp³-hybridized carbons (Fsp3) is 0.417. The number of non-ortho nitro benzene ring substituents is 1. The quantitative estimate of drug-likeness (QED) is 0.471. The smallest absolute Gasteiger partial charge is 0.328 e. The van der Waals surface area contributed by atoms with Crippen LogP contribution in [0.3, 0.4) is 0 Å². The third-order valence-electron chi connectivity index (χ3n) is 3.40. The number of anilines is 1. The van der Waals surface area contributed by atoms with E-state index in [9.17, 15) is 25.0 Å². The topological polar surface area (TPSA) is 116 Å². The molecule has 0 N–H and O–H groups in total. The summed E-state index contributed by atoms with van der Waals surface area (Å²) in [5.41, 5.74) is -0.558. The lowest BCUT2D eigenvalue weighted by Crippen LogP contribution is -2.37. The first kappa shape index (κ1) is 14.7. The van der Waals surface area contributed by atoms with Crippen LogP contribution in [0, 0.1) is 20.2 Å². The van der Waals surface area contributed by atoms with Crippen molar-refractivity contribution < 1.29 is 19.4 Å². The highest BCUT2D eigenvalue weighted by Crippen LogP contribution is 2.36. The van der Waals surface area contributed by atoms with Gasteiger partial charge >= 0.3 is 5.97 Å². The van der Waals surface area contributed by atoms with Gasteiger partial charge in [0.15, 0.2) is 0 Å². The Morgan fingerprint density at radius 2 is 2.05 bits per heavy atom. The summed E-state index contributed by atoms with van der Waals surface area (Å²) in [6.45, 7) is 0.457. The van der Waals surface area contributed by atoms with E-state index in [2.05, 4.69) is 4.74 Å². The largest absolute Gasteiger partial charge is 0.467 e. The van der Waals surface area contributed by atoms with Crippen LogP contribution in [0.1, 0.15) is 12.8 Å². The second-order valence-corrected chi connectivity index (χ2v) is 4.56. The lowest BCUT2D eigenvalue weighted by molar-refractivity contribution is -0.393. The number of carbonyl (C=O) groups excluding carboxylic acids is 1. The van der Waals surface area contributed by atoms with E-state index in [4.69, 9.17) is 0 Å². The molecule has 9 nitrogen and oxygen atoms in total. The first-order valence-corrected chi connectivity index (χ1v) is 6.23. The van der Waals surface area contributed by atoms with E-state index in [1.54, 1.807) is 4.90 Å². The number of esters is 1. The fourth-order valence-electron chi connectivity index (χ4n) is 2.45. The van der Waals surface area contributed by atoms with Crippen molar-refractivity contribution in [2.75, 3.05) is 18.6 Å². The highest BCUT2D eigenvalue weighted by atomic mass is 16.6. The van der Waals surface area contributed by atoms with Crippen molar-refractivity contribution in [2.45, 2.75) is 18.9 Å². The standard InChI is InChI=1S/C12H13N3O6/c1-21-12(16)10-3-2-6-13(10)9-5-4-8(14(17)18)7-11(9)15(19)20/h4-5,7,10H,2-3,6H2,1H3/t10-/m0/s1. The van der Waals surface area contributed by atoms with Gasteiger partial charge in [0.2, 0.25) is 0 Å². The molecule has 2 rings (SSSR count). The van der Waals surface area contributed by atoms with Crippen molar-refractivity contribution in [3.05, 3.63) is 38.4 Å². The number of rotatable bonds is 4. The predicted octanol–water partition coefficient (Wildman–Crippen LogP) is 1.64. The minimum atomic E-state index is -0.696. The van der Waals surface area contributed by atoms with Crippen LogP contribution >= 0.6 is 0 Å². The first-order valence-electron chi connectivity index (χ1n) is 6.23. The molecular formula is C12H13N3O6. The summed E-state index contributed by atoms with van der Waals surface area (Å²) in [7, 11) is 1.25. The van der Waals surface area contributed by atoms with Crippen LogP contribution in [0.15, 0.2) is 18.2 Å². The zero-order valence-corrected chi connectivity index (χ0v) is 11.2. The highest BCUT2D eigenvalue weighted by molar-refractivity contribution is 5.82. The summed E-state index contributed by atoms with van der Waals surface area (Å²) in [6, 6.07) is 2.80. The van der Waals surface area contributed by atoms with Crippen molar-refractivity contribution in [2.24, 2.45) is 0 Å². The molecule has 0 aromatic heterocycles. The molecule has 0 amide bonds. The molecule has 0 aliphatic carbocycles. The Balaban J connectivity index is 2.45. The Morgan fingerprint density at radius 3 is 2.62 bits per heavy atom. The van der Waals surface area contributed by atoms with Crippen LogP contribution in [-0.2, 0) is 9.53 Å². The number of hydrogen-bond acceptors (Lipinski definition) is 7. The van der Waals surface area contributed by atoms with Crippen LogP contribution in [0.25, 0.3) is 0 Å². The van der Waals surface area contributed by atoms with Crippen LogP contribution < -0.4 is 4.90 Å². The lowest BCUT2D eigenvalue weighted by atomic mass is 10.2. The van der Waals surface area contributed by atoms with Gasteiger partial charge in [-0.05, 0) is 18.9 Å². The minimum Gasteiger partial charge on any atom is -0.467 e. The van der Waals surface area contributed by atoms with Gasteiger partial charge in [0.25, 0.3) is 11.4 Å². The van der Waals surface area contributed by atoms with Crippen LogP contribution in [0.2, 0.25) is 0 Å². The third-order valence-corrected chi connectivity index (χ3v) is 3.40. The molecule has 0 unspecified atom stereocenters. The Morgan fingerprint density at radius 1 is 1.33 bits per heavy atom. The fourth-order valence-corrected chi connectivity index (χ4v) is 2.45. The van der Waals surface area contributed by atoms with Crippen LogP contribution in [0.5, 0.6) is 0 Å². The number of carbonyl (C=O) groups is 1. The zero-order chi connectivity index (χ0) is 15.6. The summed E-state index contributed by atoms with van der Waals surface area (Å²) < 4.78 is 4.69. The van der Waals surface area contributed by atoms with Gasteiger partial charge in [-0.15, -0.1) is 0 Å². The maximum atomic E-state index is 11.7. The molecule has 1 heterocycles. The molecule has 21 heavy (non-hydrogen) atoms. The molecule has 1 saturated heterocycles. The van der Waals surface area contributed by atoms with E-state index in [1.165, 1.54) is 19.2 Å². The molecule has 1 aliphatic heterocycles. The maximum Gasteiger partial charge on any atom is 0.328 e. The molecule has 0 bridgehead atoms. The number of nitro benzene ring substituents is 2. The van der Waals surface area contributed by atoms with Crippen molar-refractivity contribution in [3.63, 3.8) is 0 Å². The monoisotopic (exact) mass is 295 g/mol. The van der Waals surface area contributed by atoms with Crippen LogP contribution in [0.4, 0.5) is 17.1 Å². The van der Waals surface area contributed by atoms with Crippen molar-refractivity contribution >= 4 is 23.0 Å². The first-order chi connectivity index (χ1) is 9.95. The number of methoxy groups -OCH3 is 1. The Hall–Kier alpha value is -2.71. The SMILES string of the molecule is COC(=O)[C@@H]1CCCN1c1ccc([N+](=O)[O-])cc1[N+](=O)[O-]. The van der Waals surface area contributed by atoms with E-state index in [0.717, 1.165) is 6.07 Å². The molecule has 112 valence electrons. The molecule has 1 aliphatic rings. The molecular weight excluding hydrogens is 282 g/mol. The Labute approximate surface area is 119 Å². The van der Waals surface area contributed by atoms with E-state index < -0.39 is 21.9 Å². The second kappa shape index (κ2) is 5.73. The number of benzene rings is 1. The van der Waals surface area contributed by atoms with E-state index in [0.29, 0.717) is 19.4 Å². The van der Waals surface area contributed by atoms with Gasteiger partial charge in [-0.3, -0.25) is 20.2 Å². The number of ether oxygens (including phenoxy) is 1. The summed E-state index contributed by atoms with van der Waals surface area (Å²) in [5.74, 6) is -0.472. The maximum absolute atomic E-state index is 11.7. The number of nitrogens with zero attached hydrogens (tertiary/aromatic N) is 3. The van der Waals surface area contributed by atoms with Crippen LogP contribution in [-0.4, -0.2) is 35.5 Å². The average Bonchev–Trinajstić information content (AvgIpc) is 2.94. The van der Waals surface area contributed by atoms with Gasteiger partial charge in [0, 0.05) is 12.6 Å². The highest BCUT2D eigenvalue weighted by Gasteiger charge is 2.35. The molecule has 1 fully saturated rings. The Bertz CT molecular complexity index is 603. The summed E-state index contributed by atoms with van der Waals surface area (Å²) in [5, 5.41) is 21.9. The van der Waals surface area contributed by atoms with Crippen molar-refractivity contribution in [1.82, 2.24) is 0 Å². The van der Waals surface area contributed by atoms with Gasteiger partial charge in [-0.1, -0.05) is 0 Å². The van der Waals surface area contributed by atoms with Gasteiger partial charge in [-0.2, -0.15) is 0 Å². The predicted molar refractivity (Wildman–Crippen MR) is 72.1 cm³/mol. The molecule has 9 heteroatoms. The normalized spacial score (nSPS) is 17.6. The van der Waals surface area contributed by atoms with Crippen molar-refractivity contribution in [1.29, 1.82) is 0 Å². The third kappa shape index (κ3) is 2.76. The van der Waals surface area contributed by atoms with E-state index in [1.807, 2.05) is 0 Å². The zero-order valence-electron chi connectivity index (χ0n) is 11.2. The molecule has 0 radical (unpaired) electrons. The molecule has 0 saturated carbocycles. The summed E-state index contributed by atoms with van der Waals surface area (Å²) in [4.78, 5) is 33.8. The Kier molecular flexibility index (Phi) is 4.01. The molecule has 1 atom stereocenters. The van der Waals surface area contributed by atoms with Crippen molar-refractivity contribution in [3.8, 4) is 0 Å². The number of nitro groups is 2. The summed E-state index contributed by atoms with van der Waals surface area (Å²) in [6.07, 6.45) is 1.22. The van der Waals surface area contributed by atoms with Gasteiger partial charge < -0.3 is 9.64 Å². The minimum absolute atomic E-state index is 0.193. The molecule has 1 aromatic rings. The molecule has 1 aromatic carbocycles. The van der Waals surface area contributed by atoms with E-state index >= 15 is 0 Å².